The quantitative estimate of drug-likeness (QED) is 0.868. The lowest BCUT2D eigenvalue weighted by Gasteiger charge is -2.40. The number of phenolic OH excluding ortho intramolecular Hbond substituents is 1. The van der Waals surface area contributed by atoms with Crippen molar-refractivity contribution in [2.75, 3.05) is 13.1 Å². The summed E-state index contributed by atoms with van der Waals surface area (Å²) >= 11 is 0. The Hall–Kier alpha value is -1.48. The van der Waals surface area contributed by atoms with E-state index in [2.05, 4.69) is 16.8 Å². The van der Waals surface area contributed by atoms with Crippen molar-refractivity contribution in [1.29, 1.82) is 0 Å². The number of aromatic hydroxyl groups is 1. The molecule has 1 aliphatic rings. The monoisotopic (exact) mass is 244 g/mol. The number of fused-ring (bicyclic) bond motifs is 1. The summed E-state index contributed by atoms with van der Waals surface area (Å²) in [6.07, 6.45) is 5.63. The van der Waals surface area contributed by atoms with Crippen molar-refractivity contribution in [3.8, 4) is 5.75 Å². The molecular formula is C15H20N2O. The van der Waals surface area contributed by atoms with Crippen LogP contribution in [0.4, 0.5) is 0 Å². The van der Waals surface area contributed by atoms with Crippen LogP contribution in [-0.4, -0.2) is 34.1 Å². The van der Waals surface area contributed by atoms with Crippen LogP contribution in [0.3, 0.4) is 0 Å². The predicted molar refractivity (Wildman–Crippen MR) is 73.9 cm³/mol. The van der Waals surface area contributed by atoms with E-state index < -0.39 is 0 Å². The Kier molecular flexibility index (Phi) is 3.00. The molecule has 0 amide bonds. The zero-order valence-electron chi connectivity index (χ0n) is 10.8. The first kappa shape index (κ1) is 11.6. The Morgan fingerprint density at radius 1 is 1.44 bits per heavy atom. The minimum Gasteiger partial charge on any atom is -0.507 e. The van der Waals surface area contributed by atoms with E-state index in [0.717, 1.165) is 29.9 Å². The van der Waals surface area contributed by atoms with Crippen LogP contribution in [0.15, 0.2) is 24.4 Å². The summed E-state index contributed by atoms with van der Waals surface area (Å²) in [5.41, 5.74) is 2.26. The number of phenols is 1. The minimum atomic E-state index is 0.388. The molecule has 1 aliphatic heterocycles. The number of hydrogen-bond acceptors (Lipinski definition) is 2. The SMILES string of the molecule is CCC1CCN1CCc1c[nH]c2cccc(O)c12. The number of nitrogens with zero attached hydrogens (tertiary/aromatic N) is 1. The number of rotatable bonds is 4. The fraction of sp³-hybridized carbons (Fsp3) is 0.467. The Labute approximate surface area is 107 Å². The van der Waals surface area contributed by atoms with Crippen molar-refractivity contribution in [2.45, 2.75) is 32.2 Å². The van der Waals surface area contributed by atoms with Crippen molar-refractivity contribution in [2.24, 2.45) is 0 Å². The van der Waals surface area contributed by atoms with Gasteiger partial charge in [0.1, 0.15) is 5.75 Å². The maximum Gasteiger partial charge on any atom is 0.125 e. The summed E-state index contributed by atoms with van der Waals surface area (Å²) in [5.74, 6) is 0.388. The van der Waals surface area contributed by atoms with Crippen LogP contribution >= 0.6 is 0 Å². The smallest absolute Gasteiger partial charge is 0.125 e. The van der Waals surface area contributed by atoms with Gasteiger partial charge in [-0.25, -0.2) is 0 Å². The molecule has 3 nitrogen and oxygen atoms in total. The molecule has 0 spiro atoms. The third-order valence-corrected chi connectivity index (χ3v) is 4.17. The zero-order valence-corrected chi connectivity index (χ0v) is 10.8. The molecule has 1 atom stereocenters. The van der Waals surface area contributed by atoms with Crippen molar-refractivity contribution >= 4 is 10.9 Å². The van der Waals surface area contributed by atoms with Gasteiger partial charge in [0.25, 0.3) is 0 Å². The largest absolute Gasteiger partial charge is 0.507 e. The molecule has 0 aliphatic carbocycles. The molecule has 1 saturated heterocycles. The highest BCUT2D eigenvalue weighted by molar-refractivity contribution is 5.88. The van der Waals surface area contributed by atoms with E-state index in [1.807, 2.05) is 18.3 Å². The number of H-pyrrole nitrogens is 1. The van der Waals surface area contributed by atoms with E-state index in [-0.39, 0.29) is 0 Å². The number of nitrogens with one attached hydrogen (secondary N) is 1. The van der Waals surface area contributed by atoms with E-state index >= 15 is 0 Å². The van der Waals surface area contributed by atoms with Gasteiger partial charge in [-0.15, -0.1) is 0 Å². The van der Waals surface area contributed by atoms with Crippen molar-refractivity contribution in [1.82, 2.24) is 9.88 Å². The van der Waals surface area contributed by atoms with Crippen LogP contribution in [0.2, 0.25) is 0 Å². The molecule has 3 rings (SSSR count). The first-order valence-electron chi connectivity index (χ1n) is 6.81. The Bertz CT molecular complexity index is 544. The number of benzene rings is 1. The molecule has 0 saturated carbocycles. The van der Waals surface area contributed by atoms with Gasteiger partial charge in [-0.3, -0.25) is 4.90 Å². The van der Waals surface area contributed by atoms with Gasteiger partial charge in [-0.05, 0) is 43.5 Å². The standard InChI is InChI=1S/C15H20N2O/c1-2-12-7-9-17(12)8-6-11-10-16-13-4-3-5-14(18)15(11)13/h3-5,10,12,16,18H,2,6-9H2,1H3. The Morgan fingerprint density at radius 2 is 2.33 bits per heavy atom. The maximum atomic E-state index is 9.94. The molecule has 2 N–H and O–H groups in total. The van der Waals surface area contributed by atoms with Crippen molar-refractivity contribution in [3.63, 3.8) is 0 Å². The zero-order chi connectivity index (χ0) is 12.5. The Balaban J connectivity index is 1.75. The molecule has 1 aromatic carbocycles. The number of hydrogen-bond donors (Lipinski definition) is 2. The predicted octanol–water partition coefficient (Wildman–Crippen LogP) is 2.90. The van der Waals surface area contributed by atoms with Crippen LogP contribution in [-0.2, 0) is 6.42 Å². The maximum absolute atomic E-state index is 9.94. The molecule has 96 valence electrons. The second kappa shape index (κ2) is 4.65. The van der Waals surface area contributed by atoms with Gasteiger partial charge in [-0.2, -0.15) is 0 Å². The van der Waals surface area contributed by atoms with Gasteiger partial charge in [0, 0.05) is 29.7 Å². The highest BCUT2D eigenvalue weighted by atomic mass is 16.3. The van der Waals surface area contributed by atoms with Gasteiger partial charge < -0.3 is 10.1 Å². The number of aromatic nitrogens is 1. The topological polar surface area (TPSA) is 39.3 Å². The summed E-state index contributed by atoms with van der Waals surface area (Å²) < 4.78 is 0. The van der Waals surface area contributed by atoms with Crippen LogP contribution < -0.4 is 0 Å². The van der Waals surface area contributed by atoms with E-state index in [1.54, 1.807) is 6.07 Å². The summed E-state index contributed by atoms with van der Waals surface area (Å²) in [4.78, 5) is 5.78. The second-order valence-corrected chi connectivity index (χ2v) is 5.15. The van der Waals surface area contributed by atoms with E-state index in [4.69, 9.17) is 0 Å². The molecule has 1 aromatic heterocycles. The molecule has 2 heterocycles. The van der Waals surface area contributed by atoms with E-state index in [0.29, 0.717) is 5.75 Å². The first-order valence-corrected chi connectivity index (χ1v) is 6.81. The second-order valence-electron chi connectivity index (χ2n) is 5.15. The first-order chi connectivity index (χ1) is 8.79. The van der Waals surface area contributed by atoms with Crippen LogP contribution in [0.5, 0.6) is 5.75 Å². The highest BCUT2D eigenvalue weighted by Crippen LogP contribution is 2.28. The summed E-state index contributed by atoms with van der Waals surface area (Å²) in [5, 5.41) is 10.9. The van der Waals surface area contributed by atoms with E-state index in [9.17, 15) is 5.11 Å². The van der Waals surface area contributed by atoms with E-state index in [1.165, 1.54) is 24.9 Å². The number of aromatic amines is 1. The van der Waals surface area contributed by atoms with Crippen molar-refractivity contribution < 1.29 is 5.11 Å². The normalized spacial score (nSPS) is 20.2. The third-order valence-electron chi connectivity index (χ3n) is 4.17. The average Bonchev–Trinajstić information content (AvgIpc) is 2.73. The van der Waals surface area contributed by atoms with Gasteiger partial charge in [0.2, 0.25) is 0 Å². The lowest BCUT2D eigenvalue weighted by molar-refractivity contribution is 0.0894. The minimum absolute atomic E-state index is 0.388. The van der Waals surface area contributed by atoms with Crippen molar-refractivity contribution in [3.05, 3.63) is 30.0 Å². The molecule has 18 heavy (non-hydrogen) atoms. The molecule has 2 aromatic rings. The van der Waals surface area contributed by atoms with Crippen LogP contribution in [0.25, 0.3) is 10.9 Å². The molecule has 0 bridgehead atoms. The van der Waals surface area contributed by atoms with Gasteiger partial charge in [0.05, 0.1) is 0 Å². The molecule has 3 heteroatoms. The molecular weight excluding hydrogens is 224 g/mol. The summed E-state index contributed by atoms with van der Waals surface area (Å²) in [6.45, 7) is 4.58. The van der Waals surface area contributed by atoms with Gasteiger partial charge >= 0.3 is 0 Å². The number of likely N-dealkylation sites (tertiary alicyclic amines) is 1. The average molecular weight is 244 g/mol. The molecule has 1 fully saturated rings. The molecule has 0 radical (unpaired) electrons. The lowest BCUT2D eigenvalue weighted by Crippen LogP contribution is -2.47. The fourth-order valence-electron chi connectivity index (χ4n) is 2.95. The van der Waals surface area contributed by atoms with Gasteiger partial charge in [0.15, 0.2) is 0 Å². The van der Waals surface area contributed by atoms with Crippen LogP contribution in [0.1, 0.15) is 25.3 Å². The van der Waals surface area contributed by atoms with Crippen LogP contribution in [0, 0.1) is 0 Å². The Morgan fingerprint density at radius 3 is 3.06 bits per heavy atom. The highest BCUT2D eigenvalue weighted by Gasteiger charge is 2.25. The third kappa shape index (κ3) is 1.89. The lowest BCUT2D eigenvalue weighted by atomic mass is 9.99. The summed E-state index contributed by atoms with van der Waals surface area (Å²) in [6, 6.07) is 6.43. The summed E-state index contributed by atoms with van der Waals surface area (Å²) in [7, 11) is 0. The van der Waals surface area contributed by atoms with Gasteiger partial charge in [-0.1, -0.05) is 13.0 Å². The molecule has 1 unspecified atom stereocenters. The fourth-order valence-corrected chi connectivity index (χ4v) is 2.95.